The summed E-state index contributed by atoms with van der Waals surface area (Å²) >= 11 is 1.39. The summed E-state index contributed by atoms with van der Waals surface area (Å²) in [6.07, 6.45) is 5.75. The van der Waals surface area contributed by atoms with Gasteiger partial charge in [0.2, 0.25) is 0 Å². The zero-order chi connectivity index (χ0) is 25.3. The van der Waals surface area contributed by atoms with Crippen LogP contribution in [-0.2, 0) is 9.59 Å². The second kappa shape index (κ2) is 12.9. The number of hydrogen-bond donors (Lipinski definition) is 4. The van der Waals surface area contributed by atoms with Gasteiger partial charge in [-0.15, -0.1) is 11.3 Å². The first-order valence-electron chi connectivity index (χ1n) is 11.1. The minimum Gasteiger partial charge on any atom is -0.506 e. The molecule has 34 heavy (non-hydrogen) atoms. The highest BCUT2D eigenvalue weighted by Crippen LogP contribution is 2.31. The quantitative estimate of drug-likeness (QED) is 0.324. The molecule has 4 N–H and O–H groups in total. The number of carbonyl (C=O) groups excluding carboxylic acids is 1. The number of amides is 1. The highest BCUT2D eigenvalue weighted by atomic mass is 32.1. The van der Waals surface area contributed by atoms with E-state index in [1.165, 1.54) is 30.6 Å². The van der Waals surface area contributed by atoms with Crippen LogP contribution in [0.15, 0.2) is 28.4 Å². The topological polar surface area (TPSA) is 149 Å². The summed E-state index contributed by atoms with van der Waals surface area (Å²) in [5.41, 5.74) is -0.580. The second-order valence-corrected chi connectivity index (χ2v) is 9.05. The fraction of sp³-hybridized carbons (Fsp3) is 0.478. The third-order valence-corrected chi connectivity index (χ3v) is 6.20. The van der Waals surface area contributed by atoms with Crippen LogP contribution >= 0.6 is 11.3 Å². The first kappa shape index (κ1) is 27.1. The van der Waals surface area contributed by atoms with Crippen LogP contribution in [0, 0.1) is 0 Å². The van der Waals surface area contributed by atoms with E-state index in [2.05, 4.69) is 10.2 Å². The van der Waals surface area contributed by atoms with Crippen molar-refractivity contribution in [3.05, 3.63) is 39.5 Å². The number of carboxylic acids is 2. The number of piperidine rings is 1. The van der Waals surface area contributed by atoms with Gasteiger partial charge in [0.15, 0.2) is 0 Å². The number of pyridine rings is 1. The number of aromatic hydroxyl groups is 1. The largest absolute Gasteiger partial charge is 0.506 e. The molecule has 3 rings (SSSR count). The number of aliphatic carboxylic acids is 2. The van der Waals surface area contributed by atoms with Gasteiger partial charge in [-0.05, 0) is 64.2 Å². The Hall–Kier alpha value is -3.18. The summed E-state index contributed by atoms with van der Waals surface area (Å²) in [4.78, 5) is 47.6. The Labute approximate surface area is 201 Å². The van der Waals surface area contributed by atoms with E-state index in [-0.39, 0.29) is 17.4 Å². The van der Waals surface area contributed by atoms with Crippen LogP contribution in [0.4, 0.5) is 0 Å². The Kier molecular flexibility index (Phi) is 10.3. The molecule has 3 heterocycles. The number of nitrogens with one attached hydrogen (secondary N) is 1. The number of rotatable bonds is 8. The van der Waals surface area contributed by atoms with Crippen molar-refractivity contribution in [2.45, 2.75) is 45.6 Å². The number of carboxylic acid groups (broad SMARTS) is 2. The predicted molar refractivity (Wildman–Crippen MR) is 130 cm³/mol. The molecular formula is C23H31N3O7S. The predicted octanol–water partition coefficient (Wildman–Crippen LogP) is 2.67. The van der Waals surface area contributed by atoms with E-state index < -0.39 is 23.4 Å². The van der Waals surface area contributed by atoms with Crippen LogP contribution in [0.2, 0.25) is 0 Å². The molecular weight excluding hydrogens is 462 g/mol. The van der Waals surface area contributed by atoms with Gasteiger partial charge in [0.1, 0.15) is 16.1 Å². The molecule has 1 aliphatic heterocycles. The van der Waals surface area contributed by atoms with Gasteiger partial charge in [-0.2, -0.15) is 0 Å². The van der Waals surface area contributed by atoms with Gasteiger partial charge in [-0.1, -0.05) is 6.42 Å². The van der Waals surface area contributed by atoms with Gasteiger partial charge < -0.3 is 25.5 Å². The van der Waals surface area contributed by atoms with Crippen LogP contribution in [0.1, 0.15) is 55.9 Å². The maximum Gasteiger partial charge on any atom is 0.328 e. The first-order valence-corrected chi connectivity index (χ1v) is 12.0. The van der Waals surface area contributed by atoms with Crippen molar-refractivity contribution < 1.29 is 29.7 Å². The third-order valence-electron chi connectivity index (χ3n) is 5.29. The summed E-state index contributed by atoms with van der Waals surface area (Å²) in [5.74, 6) is -3.22. The summed E-state index contributed by atoms with van der Waals surface area (Å²) in [6, 6.07) is 1.66. The van der Waals surface area contributed by atoms with Gasteiger partial charge in [-0.25, -0.2) is 9.59 Å². The molecule has 186 valence electrons. The number of likely N-dealkylation sites (tertiary alicyclic amines) is 1. The maximum absolute atomic E-state index is 12.8. The zero-order valence-corrected chi connectivity index (χ0v) is 20.1. The normalized spacial score (nSPS) is 14.2. The number of aromatic nitrogens is 1. The number of fused-ring (bicyclic) bond motifs is 1. The van der Waals surface area contributed by atoms with Crippen molar-refractivity contribution >= 4 is 39.4 Å². The molecule has 0 saturated carbocycles. The smallest absolute Gasteiger partial charge is 0.328 e. The lowest BCUT2D eigenvalue weighted by molar-refractivity contribution is -0.134. The molecule has 0 atom stereocenters. The highest BCUT2D eigenvalue weighted by Gasteiger charge is 2.23. The van der Waals surface area contributed by atoms with E-state index in [1.54, 1.807) is 10.6 Å². The van der Waals surface area contributed by atoms with Crippen LogP contribution in [0.5, 0.6) is 5.75 Å². The SMILES string of the molecule is CC(C)n1c(=O)c(C(=O)NCCCN2CCCCC2)c(O)c2ccsc21.O=C(O)C=CC(=O)O. The molecule has 1 aliphatic rings. The zero-order valence-electron chi connectivity index (χ0n) is 19.3. The van der Waals surface area contributed by atoms with Crippen molar-refractivity contribution in [2.75, 3.05) is 26.2 Å². The van der Waals surface area contributed by atoms with Gasteiger partial charge in [-0.3, -0.25) is 14.2 Å². The van der Waals surface area contributed by atoms with E-state index in [4.69, 9.17) is 10.2 Å². The second-order valence-electron chi connectivity index (χ2n) is 8.15. The van der Waals surface area contributed by atoms with E-state index in [1.807, 2.05) is 19.2 Å². The average molecular weight is 494 g/mol. The molecule has 0 unspecified atom stereocenters. The van der Waals surface area contributed by atoms with Gasteiger partial charge in [0.25, 0.3) is 11.5 Å². The molecule has 1 saturated heterocycles. The van der Waals surface area contributed by atoms with Gasteiger partial charge >= 0.3 is 11.9 Å². The monoisotopic (exact) mass is 493 g/mol. The van der Waals surface area contributed by atoms with E-state index >= 15 is 0 Å². The summed E-state index contributed by atoms with van der Waals surface area (Å²) in [5, 5.41) is 31.3. The Balaban J connectivity index is 0.000000440. The van der Waals surface area contributed by atoms with E-state index in [0.717, 1.165) is 26.1 Å². The summed E-state index contributed by atoms with van der Waals surface area (Å²) in [6.45, 7) is 7.50. The standard InChI is InChI=1S/C19H27N3O3S.C4H4O4/c1-13(2)22-18(25)15(16(23)14-7-12-26-19(14)22)17(24)20-8-6-11-21-9-4-3-5-10-21;5-3(6)1-2-4(7)8/h7,12-13,23H,3-6,8-11H2,1-2H3,(H,20,24);1-2H,(H,5,6)(H,7,8). The molecule has 11 heteroatoms. The molecule has 0 radical (unpaired) electrons. The lowest BCUT2D eigenvalue weighted by Crippen LogP contribution is -2.36. The number of carbonyl (C=O) groups is 3. The highest BCUT2D eigenvalue weighted by molar-refractivity contribution is 7.16. The van der Waals surface area contributed by atoms with Gasteiger partial charge in [0, 0.05) is 24.7 Å². The molecule has 10 nitrogen and oxygen atoms in total. The Bertz CT molecular complexity index is 1080. The number of nitrogens with zero attached hydrogens (tertiary/aromatic N) is 2. The number of hydrogen-bond acceptors (Lipinski definition) is 7. The van der Waals surface area contributed by atoms with Crippen LogP contribution in [0.25, 0.3) is 10.2 Å². The lowest BCUT2D eigenvalue weighted by atomic mass is 10.1. The fourth-order valence-electron chi connectivity index (χ4n) is 3.71. The third kappa shape index (κ3) is 7.42. The van der Waals surface area contributed by atoms with Crippen molar-refractivity contribution in [2.24, 2.45) is 0 Å². The Morgan fingerprint density at radius 3 is 2.29 bits per heavy atom. The van der Waals surface area contributed by atoms with Crippen LogP contribution < -0.4 is 10.9 Å². The van der Waals surface area contributed by atoms with Gasteiger partial charge in [0.05, 0.1) is 5.39 Å². The molecule has 0 aromatic carbocycles. The lowest BCUT2D eigenvalue weighted by Gasteiger charge is -2.26. The van der Waals surface area contributed by atoms with Crippen molar-refractivity contribution in [1.29, 1.82) is 0 Å². The van der Waals surface area contributed by atoms with Crippen molar-refractivity contribution in [3.63, 3.8) is 0 Å². The molecule has 1 amide bonds. The Morgan fingerprint density at radius 1 is 1.12 bits per heavy atom. The summed E-state index contributed by atoms with van der Waals surface area (Å²) in [7, 11) is 0. The minimum atomic E-state index is -1.26. The first-order chi connectivity index (χ1) is 16.1. The molecule has 2 aromatic rings. The number of thiophene rings is 1. The fourth-order valence-corrected chi connectivity index (χ4v) is 4.74. The molecule has 1 fully saturated rings. The van der Waals surface area contributed by atoms with Crippen molar-refractivity contribution in [3.8, 4) is 5.75 Å². The van der Waals surface area contributed by atoms with Crippen LogP contribution in [-0.4, -0.2) is 68.8 Å². The Morgan fingerprint density at radius 2 is 1.74 bits per heavy atom. The summed E-state index contributed by atoms with van der Waals surface area (Å²) < 4.78 is 1.59. The molecule has 0 bridgehead atoms. The van der Waals surface area contributed by atoms with E-state index in [9.17, 15) is 24.3 Å². The minimum absolute atomic E-state index is 0.0881. The van der Waals surface area contributed by atoms with Crippen molar-refractivity contribution in [1.82, 2.24) is 14.8 Å². The maximum atomic E-state index is 12.8. The molecule has 2 aromatic heterocycles. The molecule has 0 aliphatic carbocycles. The van der Waals surface area contributed by atoms with Crippen LogP contribution in [0.3, 0.4) is 0 Å². The van der Waals surface area contributed by atoms with E-state index in [0.29, 0.717) is 28.9 Å². The average Bonchev–Trinajstić information content (AvgIpc) is 3.26. The molecule has 0 spiro atoms.